The van der Waals surface area contributed by atoms with Crippen molar-refractivity contribution in [1.29, 1.82) is 0 Å². The minimum absolute atomic E-state index is 0.111. The Kier molecular flexibility index (Phi) is 4.61. The molecule has 0 spiro atoms. The predicted octanol–water partition coefficient (Wildman–Crippen LogP) is 3.54. The fourth-order valence-corrected chi connectivity index (χ4v) is 2.06. The van der Waals surface area contributed by atoms with E-state index in [0.29, 0.717) is 11.0 Å². The van der Waals surface area contributed by atoms with Gasteiger partial charge in [0.1, 0.15) is 5.82 Å². The van der Waals surface area contributed by atoms with Crippen LogP contribution in [0.5, 0.6) is 0 Å². The third-order valence-corrected chi connectivity index (χ3v) is 3.48. The summed E-state index contributed by atoms with van der Waals surface area (Å²) in [5, 5.41) is 3.34. The fourth-order valence-electron chi connectivity index (χ4n) is 1.67. The molecule has 2 aromatic rings. The van der Waals surface area contributed by atoms with Crippen molar-refractivity contribution in [2.75, 3.05) is 0 Å². The minimum Gasteiger partial charge on any atom is -0.305 e. The van der Waals surface area contributed by atoms with Crippen molar-refractivity contribution in [1.82, 2.24) is 15.3 Å². The molecular formula is C14H15BrFN3. The van der Waals surface area contributed by atoms with Crippen LogP contribution in [0.25, 0.3) is 0 Å². The summed E-state index contributed by atoms with van der Waals surface area (Å²) in [6.07, 6.45) is 3.51. The average Bonchev–Trinajstić information content (AvgIpc) is 2.41. The third kappa shape index (κ3) is 3.81. The SMILES string of the molecule is Cc1cnc(CNC(C)c2ccc(F)c(Br)c2)cn1. The molecule has 0 radical (unpaired) electrons. The van der Waals surface area contributed by atoms with Gasteiger partial charge in [0.2, 0.25) is 0 Å². The highest BCUT2D eigenvalue weighted by molar-refractivity contribution is 9.10. The molecule has 100 valence electrons. The van der Waals surface area contributed by atoms with Crippen molar-refractivity contribution in [3.05, 3.63) is 57.8 Å². The van der Waals surface area contributed by atoms with Gasteiger partial charge in [0, 0.05) is 25.0 Å². The van der Waals surface area contributed by atoms with Gasteiger partial charge >= 0.3 is 0 Å². The number of benzene rings is 1. The van der Waals surface area contributed by atoms with Crippen molar-refractivity contribution in [2.45, 2.75) is 26.4 Å². The van der Waals surface area contributed by atoms with Gasteiger partial charge in [0.15, 0.2) is 0 Å². The summed E-state index contributed by atoms with van der Waals surface area (Å²) in [6.45, 7) is 4.56. The van der Waals surface area contributed by atoms with Gasteiger partial charge in [-0.15, -0.1) is 0 Å². The number of hydrogen-bond acceptors (Lipinski definition) is 3. The Morgan fingerprint density at radius 3 is 2.74 bits per heavy atom. The molecule has 0 amide bonds. The van der Waals surface area contributed by atoms with Crippen LogP contribution in [-0.4, -0.2) is 9.97 Å². The predicted molar refractivity (Wildman–Crippen MR) is 76.1 cm³/mol. The number of aryl methyl sites for hydroxylation is 1. The maximum Gasteiger partial charge on any atom is 0.137 e. The van der Waals surface area contributed by atoms with Gasteiger partial charge in [0.05, 0.1) is 15.9 Å². The number of nitrogens with one attached hydrogen (secondary N) is 1. The van der Waals surface area contributed by atoms with Crippen LogP contribution in [-0.2, 0) is 6.54 Å². The maximum atomic E-state index is 13.2. The van der Waals surface area contributed by atoms with Crippen molar-refractivity contribution in [3.8, 4) is 0 Å². The highest BCUT2D eigenvalue weighted by atomic mass is 79.9. The van der Waals surface area contributed by atoms with Gasteiger partial charge in [-0.2, -0.15) is 0 Å². The largest absolute Gasteiger partial charge is 0.305 e. The molecule has 5 heteroatoms. The van der Waals surface area contributed by atoms with Crippen molar-refractivity contribution in [2.24, 2.45) is 0 Å². The molecule has 3 nitrogen and oxygen atoms in total. The lowest BCUT2D eigenvalue weighted by atomic mass is 10.1. The lowest BCUT2D eigenvalue weighted by molar-refractivity contribution is 0.562. The lowest BCUT2D eigenvalue weighted by Crippen LogP contribution is -2.19. The summed E-state index contributed by atoms with van der Waals surface area (Å²) >= 11 is 3.19. The summed E-state index contributed by atoms with van der Waals surface area (Å²) in [5.74, 6) is -0.250. The highest BCUT2D eigenvalue weighted by Gasteiger charge is 2.08. The highest BCUT2D eigenvalue weighted by Crippen LogP contribution is 2.21. The van der Waals surface area contributed by atoms with Gasteiger partial charge in [-0.1, -0.05) is 6.07 Å². The Balaban J connectivity index is 1.98. The van der Waals surface area contributed by atoms with Gasteiger partial charge in [-0.3, -0.25) is 9.97 Å². The van der Waals surface area contributed by atoms with E-state index in [4.69, 9.17) is 0 Å². The normalized spacial score (nSPS) is 12.4. The minimum atomic E-state index is -0.250. The van der Waals surface area contributed by atoms with Crippen LogP contribution in [0.15, 0.2) is 35.1 Å². The molecule has 0 aliphatic rings. The lowest BCUT2D eigenvalue weighted by Gasteiger charge is -2.14. The Hall–Kier alpha value is -1.33. The topological polar surface area (TPSA) is 37.8 Å². The van der Waals surface area contributed by atoms with Crippen LogP contribution in [0.2, 0.25) is 0 Å². The van der Waals surface area contributed by atoms with E-state index >= 15 is 0 Å². The standard InChI is InChI=1S/C14H15BrFN3/c1-9-6-19-12(7-17-9)8-18-10(2)11-3-4-14(16)13(15)5-11/h3-7,10,18H,8H2,1-2H3. The van der Waals surface area contributed by atoms with Crippen LogP contribution in [0.3, 0.4) is 0 Å². The molecule has 1 unspecified atom stereocenters. The molecule has 1 aromatic heterocycles. The van der Waals surface area contributed by atoms with E-state index in [1.54, 1.807) is 24.5 Å². The maximum absolute atomic E-state index is 13.2. The Morgan fingerprint density at radius 1 is 1.32 bits per heavy atom. The molecule has 0 saturated heterocycles. The first kappa shape index (κ1) is 14.1. The van der Waals surface area contributed by atoms with E-state index in [1.807, 2.05) is 13.8 Å². The van der Waals surface area contributed by atoms with E-state index in [1.165, 1.54) is 6.07 Å². The molecule has 19 heavy (non-hydrogen) atoms. The van der Waals surface area contributed by atoms with Crippen LogP contribution < -0.4 is 5.32 Å². The number of rotatable bonds is 4. The molecule has 1 heterocycles. The van der Waals surface area contributed by atoms with Crippen molar-refractivity contribution >= 4 is 15.9 Å². The Bertz CT molecular complexity index is 557. The van der Waals surface area contributed by atoms with E-state index in [-0.39, 0.29) is 11.9 Å². The van der Waals surface area contributed by atoms with Gasteiger partial charge in [-0.05, 0) is 47.5 Å². The van der Waals surface area contributed by atoms with Gasteiger partial charge in [0.25, 0.3) is 0 Å². The molecule has 1 atom stereocenters. The Morgan fingerprint density at radius 2 is 2.11 bits per heavy atom. The third-order valence-electron chi connectivity index (χ3n) is 2.87. The smallest absolute Gasteiger partial charge is 0.137 e. The van der Waals surface area contributed by atoms with Crippen LogP contribution in [0.1, 0.15) is 29.9 Å². The first-order chi connectivity index (χ1) is 9.06. The van der Waals surface area contributed by atoms with E-state index in [2.05, 4.69) is 31.2 Å². The molecule has 0 aliphatic carbocycles. The van der Waals surface area contributed by atoms with E-state index in [0.717, 1.165) is 17.0 Å². The average molecular weight is 324 g/mol. The zero-order chi connectivity index (χ0) is 13.8. The first-order valence-corrected chi connectivity index (χ1v) is 6.81. The number of nitrogens with zero attached hydrogens (tertiary/aromatic N) is 2. The van der Waals surface area contributed by atoms with E-state index < -0.39 is 0 Å². The second-order valence-electron chi connectivity index (χ2n) is 4.43. The second-order valence-corrected chi connectivity index (χ2v) is 5.28. The number of halogens is 2. The van der Waals surface area contributed by atoms with Crippen LogP contribution >= 0.6 is 15.9 Å². The summed E-state index contributed by atoms with van der Waals surface area (Å²) in [5.41, 5.74) is 2.81. The summed E-state index contributed by atoms with van der Waals surface area (Å²) in [6, 6.07) is 5.13. The van der Waals surface area contributed by atoms with Gasteiger partial charge < -0.3 is 5.32 Å². The molecular weight excluding hydrogens is 309 g/mol. The molecule has 2 rings (SSSR count). The number of hydrogen-bond donors (Lipinski definition) is 1. The molecule has 0 aliphatic heterocycles. The molecule has 1 aromatic carbocycles. The monoisotopic (exact) mass is 323 g/mol. The molecule has 1 N–H and O–H groups in total. The second kappa shape index (κ2) is 6.21. The molecule has 0 saturated carbocycles. The molecule has 0 bridgehead atoms. The summed E-state index contributed by atoms with van der Waals surface area (Å²) < 4.78 is 13.6. The first-order valence-electron chi connectivity index (χ1n) is 6.02. The van der Waals surface area contributed by atoms with Gasteiger partial charge in [-0.25, -0.2) is 4.39 Å². The Labute approximate surface area is 120 Å². The fraction of sp³-hybridized carbons (Fsp3) is 0.286. The van der Waals surface area contributed by atoms with Crippen LogP contribution in [0.4, 0.5) is 4.39 Å². The summed E-state index contributed by atoms with van der Waals surface area (Å²) in [4.78, 5) is 8.48. The zero-order valence-corrected chi connectivity index (χ0v) is 12.4. The van der Waals surface area contributed by atoms with Crippen molar-refractivity contribution in [3.63, 3.8) is 0 Å². The quantitative estimate of drug-likeness (QED) is 0.935. The zero-order valence-electron chi connectivity index (χ0n) is 10.8. The number of aromatic nitrogens is 2. The van der Waals surface area contributed by atoms with Crippen molar-refractivity contribution < 1.29 is 4.39 Å². The van der Waals surface area contributed by atoms with E-state index in [9.17, 15) is 4.39 Å². The molecule has 0 fully saturated rings. The summed E-state index contributed by atoms with van der Waals surface area (Å²) in [7, 11) is 0. The van der Waals surface area contributed by atoms with Crippen LogP contribution in [0, 0.1) is 12.7 Å².